The molecule has 26 heavy (non-hydrogen) atoms. The molecule has 0 amide bonds. The van der Waals surface area contributed by atoms with E-state index in [0.717, 1.165) is 4.31 Å². The second-order valence-corrected chi connectivity index (χ2v) is 13.5. The number of piperazine rings is 1. The van der Waals surface area contributed by atoms with Crippen molar-refractivity contribution < 1.29 is 25.3 Å². The molecule has 144 valence electrons. The van der Waals surface area contributed by atoms with Crippen LogP contribution in [0.25, 0.3) is 0 Å². The van der Waals surface area contributed by atoms with E-state index < -0.39 is 53.9 Å². The van der Waals surface area contributed by atoms with Crippen molar-refractivity contribution in [3.63, 3.8) is 0 Å². The van der Waals surface area contributed by atoms with Gasteiger partial charge in [-0.1, -0.05) is 11.6 Å². The molecule has 1 aromatic rings. The number of fused-ring (bicyclic) bond motifs is 2. The Morgan fingerprint density at radius 2 is 1.35 bits per heavy atom. The van der Waals surface area contributed by atoms with Crippen molar-refractivity contribution in [1.29, 1.82) is 0 Å². The molecule has 1 N–H and O–H groups in total. The highest BCUT2D eigenvalue weighted by Gasteiger charge is 2.57. The van der Waals surface area contributed by atoms with E-state index in [-0.39, 0.29) is 27.9 Å². The van der Waals surface area contributed by atoms with E-state index in [9.17, 15) is 25.3 Å². The first-order chi connectivity index (χ1) is 12.0. The van der Waals surface area contributed by atoms with Crippen molar-refractivity contribution in [3.05, 3.63) is 29.3 Å². The highest BCUT2D eigenvalue weighted by molar-refractivity contribution is 7.92. The van der Waals surface area contributed by atoms with Crippen LogP contribution in [-0.2, 0) is 29.7 Å². The maximum Gasteiger partial charge on any atom is 0.243 e. The number of nitrogens with one attached hydrogen (secondary N) is 1. The summed E-state index contributed by atoms with van der Waals surface area (Å²) < 4.78 is 76.1. The lowest BCUT2D eigenvalue weighted by molar-refractivity contribution is 0.160. The van der Waals surface area contributed by atoms with Crippen LogP contribution >= 0.6 is 11.6 Å². The van der Waals surface area contributed by atoms with Gasteiger partial charge in [-0.15, -0.1) is 0 Å². The number of benzene rings is 1. The molecular formula is C14H17ClN2O6S3. The number of nitrogens with zero attached hydrogens (tertiary/aromatic N) is 1. The van der Waals surface area contributed by atoms with Crippen LogP contribution in [0.15, 0.2) is 29.2 Å². The van der Waals surface area contributed by atoms with Gasteiger partial charge >= 0.3 is 0 Å². The highest BCUT2D eigenvalue weighted by atomic mass is 35.5. The van der Waals surface area contributed by atoms with Gasteiger partial charge in [0.1, 0.15) is 0 Å². The number of sulfonamides is 1. The summed E-state index contributed by atoms with van der Waals surface area (Å²) in [6.07, 6.45) is 0. The van der Waals surface area contributed by atoms with Crippen LogP contribution in [0.2, 0.25) is 5.02 Å². The van der Waals surface area contributed by atoms with Gasteiger partial charge in [-0.25, -0.2) is 25.3 Å². The van der Waals surface area contributed by atoms with Crippen molar-refractivity contribution >= 4 is 41.3 Å². The van der Waals surface area contributed by atoms with E-state index in [1.165, 1.54) is 24.3 Å². The molecule has 1 aromatic carbocycles. The van der Waals surface area contributed by atoms with Gasteiger partial charge in [0.15, 0.2) is 19.7 Å². The molecule has 3 heterocycles. The van der Waals surface area contributed by atoms with Gasteiger partial charge in [0.25, 0.3) is 0 Å². The van der Waals surface area contributed by atoms with Crippen molar-refractivity contribution in [2.45, 2.75) is 29.1 Å². The van der Waals surface area contributed by atoms with Gasteiger partial charge in [-0.2, -0.15) is 4.31 Å². The fourth-order valence-corrected chi connectivity index (χ4v) is 10.1. The number of hydrogen-bond acceptors (Lipinski definition) is 7. The van der Waals surface area contributed by atoms with Crippen LogP contribution in [0.5, 0.6) is 0 Å². The van der Waals surface area contributed by atoms with Crippen LogP contribution < -0.4 is 5.32 Å². The third-order valence-corrected chi connectivity index (χ3v) is 10.8. The molecule has 3 saturated heterocycles. The lowest BCUT2D eigenvalue weighted by Crippen LogP contribution is -2.67. The van der Waals surface area contributed by atoms with Crippen LogP contribution in [0.1, 0.15) is 0 Å². The monoisotopic (exact) mass is 440 g/mol. The summed E-state index contributed by atoms with van der Waals surface area (Å²) >= 11 is 5.82. The maximum absolute atomic E-state index is 13.3. The van der Waals surface area contributed by atoms with Gasteiger partial charge < -0.3 is 5.32 Å². The van der Waals surface area contributed by atoms with Gasteiger partial charge in [-0.3, -0.25) is 0 Å². The fourth-order valence-electron chi connectivity index (χ4n) is 4.08. The number of sulfone groups is 2. The van der Waals surface area contributed by atoms with Crippen LogP contribution in [0.3, 0.4) is 0 Å². The lowest BCUT2D eigenvalue weighted by atomic mass is 10.0. The Kier molecular flexibility index (Phi) is 4.22. The smallest absolute Gasteiger partial charge is 0.243 e. The minimum Gasteiger partial charge on any atom is -0.306 e. The zero-order valence-electron chi connectivity index (χ0n) is 13.4. The second-order valence-electron chi connectivity index (χ2n) is 6.96. The lowest BCUT2D eigenvalue weighted by Gasteiger charge is -2.43. The average Bonchev–Trinajstić information content (AvgIpc) is 2.96. The summed E-state index contributed by atoms with van der Waals surface area (Å²) in [6, 6.07) is 2.68. The molecule has 3 aliphatic heterocycles. The van der Waals surface area contributed by atoms with E-state index in [0.29, 0.717) is 5.02 Å². The molecule has 0 unspecified atom stereocenters. The molecule has 0 saturated carbocycles. The predicted octanol–water partition coefficient (Wildman–Crippen LogP) is -0.735. The van der Waals surface area contributed by atoms with Crippen molar-refractivity contribution in [2.75, 3.05) is 23.0 Å². The number of rotatable bonds is 2. The molecule has 0 bridgehead atoms. The van der Waals surface area contributed by atoms with Crippen LogP contribution in [-0.4, -0.2) is 76.7 Å². The minimum absolute atomic E-state index is 0.0325. The average molecular weight is 441 g/mol. The molecule has 4 rings (SSSR count). The first-order valence-corrected chi connectivity index (χ1v) is 13.4. The molecule has 12 heteroatoms. The first kappa shape index (κ1) is 18.6. The molecule has 3 fully saturated rings. The molecule has 4 atom stereocenters. The van der Waals surface area contributed by atoms with E-state index in [4.69, 9.17) is 11.6 Å². The third kappa shape index (κ3) is 3.08. The van der Waals surface area contributed by atoms with Crippen molar-refractivity contribution in [2.24, 2.45) is 0 Å². The Balaban J connectivity index is 1.83. The Hall–Kier alpha value is -0.720. The van der Waals surface area contributed by atoms with Crippen molar-refractivity contribution in [3.8, 4) is 0 Å². The number of hydrogen-bond donors (Lipinski definition) is 1. The van der Waals surface area contributed by atoms with Gasteiger partial charge in [-0.05, 0) is 24.3 Å². The third-order valence-electron chi connectivity index (χ3n) is 5.12. The van der Waals surface area contributed by atoms with Gasteiger partial charge in [0.2, 0.25) is 10.0 Å². The van der Waals surface area contributed by atoms with E-state index in [1.54, 1.807) is 0 Å². The van der Waals surface area contributed by atoms with Crippen LogP contribution in [0, 0.1) is 0 Å². The highest BCUT2D eigenvalue weighted by Crippen LogP contribution is 2.36. The standard InChI is InChI=1S/C14H17ClN2O6S3/c15-9-1-3-10(4-2-9)26(22,23)17-13-7-24(18,19)5-11(13)16-12-6-25(20,21)8-14(12)17/h1-4,11-14,16H,5-8H2/t11-,12+,13-,14-/m0/s1. The zero-order valence-corrected chi connectivity index (χ0v) is 16.7. The Bertz CT molecular complexity index is 1000. The zero-order chi connectivity index (χ0) is 18.9. The fraction of sp³-hybridized carbons (Fsp3) is 0.571. The molecule has 3 aliphatic rings. The molecule has 0 radical (unpaired) electrons. The predicted molar refractivity (Wildman–Crippen MR) is 96.1 cm³/mol. The summed E-state index contributed by atoms with van der Waals surface area (Å²) in [4.78, 5) is -0.0325. The van der Waals surface area contributed by atoms with Gasteiger partial charge in [0, 0.05) is 17.1 Å². The SMILES string of the molecule is O=S1(=O)C[C@@H]2N[C@@H]3CS(=O)(=O)C[C@@H]3N(S(=O)(=O)c3ccc(Cl)cc3)[C@H]2C1. The van der Waals surface area contributed by atoms with Crippen LogP contribution in [0.4, 0.5) is 0 Å². The Labute approximate surface area is 157 Å². The molecule has 8 nitrogen and oxygen atoms in total. The molecule has 0 spiro atoms. The first-order valence-electron chi connectivity index (χ1n) is 7.95. The van der Waals surface area contributed by atoms with E-state index in [1.807, 2.05) is 0 Å². The van der Waals surface area contributed by atoms with Crippen molar-refractivity contribution in [1.82, 2.24) is 9.62 Å². The topological polar surface area (TPSA) is 118 Å². The second kappa shape index (κ2) is 5.89. The molecule has 0 aromatic heterocycles. The van der Waals surface area contributed by atoms with Gasteiger partial charge in [0.05, 0.1) is 40.0 Å². The van der Waals surface area contributed by atoms with E-state index >= 15 is 0 Å². The maximum atomic E-state index is 13.3. The minimum atomic E-state index is -4.08. The summed E-state index contributed by atoms with van der Waals surface area (Å²) in [7, 11) is -10.9. The van der Waals surface area contributed by atoms with E-state index in [2.05, 4.69) is 5.32 Å². The summed E-state index contributed by atoms with van der Waals surface area (Å²) in [5.41, 5.74) is 0. The Morgan fingerprint density at radius 3 is 1.81 bits per heavy atom. The summed E-state index contributed by atoms with van der Waals surface area (Å²) in [6.45, 7) is 0. The summed E-state index contributed by atoms with van der Waals surface area (Å²) in [5.74, 6) is -1.04. The molecular weight excluding hydrogens is 424 g/mol. The number of halogens is 1. The Morgan fingerprint density at radius 1 is 0.885 bits per heavy atom. The largest absolute Gasteiger partial charge is 0.306 e. The quantitative estimate of drug-likeness (QED) is 0.643. The normalized spacial score (nSPS) is 35.7. The summed E-state index contributed by atoms with van der Waals surface area (Å²) in [5, 5.41) is 3.43. The molecule has 0 aliphatic carbocycles.